The Morgan fingerprint density at radius 2 is 1.68 bits per heavy atom. The topological polar surface area (TPSA) is 0 Å². The number of thiophene rings is 1. The van der Waals surface area contributed by atoms with E-state index in [1.165, 1.54) is 0 Å². The van der Waals surface area contributed by atoms with Crippen LogP contribution >= 0.6 is 10.5 Å². The van der Waals surface area contributed by atoms with E-state index >= 15 is 0 Å². The van der Waals surface area contributed by atoms with Crippen molar-refractivity contribution in [3.05, 3.63) is 35.2 Å². The van der Waals surface area contributed by atoms with Crippen LogP contribution in [0.2, 0.25) is 0 Å². The Balaban J connectivity index is 0.00000133. The van der Waals surface area contributed by atoms with E-state index < -0.39 is 16.0 Å². The van der Waals surface area contributed by atoms with E-state index in [2.05, 4.69) is 0 Å². The fourth-order valence-electron chi connectivity index (χ4n) is 2.88. The van der Waals surface area contributed by atoms with Crippen molar-refractivity contribution in [3.8, 4) is 0 Å². The average molecular weight is 351 g/mol. The molecule has 5 heteroatoms. The molecule has 1 fully saturated rings. The van der Waals surface area contributed by atoms with Gasteiger partial charge in [0.05, 0.1) is 10.5 Å². The first kappa shape index (κ1) is 14.9. The minimum absolute atomic E-state index is 0. The van der Waals surface area contributed by atoms with Crippen LogP contribution in [0.4, 0.5) is 13.2 Å². The highest BCUT2D eigenvalue weighted by Crippen LogP contribution is 2.55. The molecule has 0 nitrogen and oxygen atoms in total. The maximum Gasteiger partial charge on any atom is 0.600 e. The predicted molar refractivity (Wildman–Crippen MR) is 68.9 cm³/mol. The van der Waals surface area contributed by atoms with E-state index in [1.807, 2.05) is 6.07 Å². The Morgan fingerprint density at radius 1 is 1.05 bits per heavy atom. The highest BCUT2D eigenvalue weighted by Gasteiger charge is 2.49. The number of benzene rings is 1. The molecule has 0 N–H and O–H groups in total. The lowest BCUT2D eigenvalue weighted by atomic mass is 10.1. The number of fused-ring (bicyclic) bond motifs is 1. The monoisotopic (exact) mass is 350 g/mol. The fourth-order valence-corrected chi connectivity index (χ4v) is 5.04. The Hall–Kier alpha value is -0.550. The highest BCUT2D eigenvalue weighted by atomic mass is 79.9. The molecule has 0 bridgehead atoms. The Morgan fingerprint density at radius 3 is 2.32 bits per heavy atom. The van der Waals surface area contributed by atoms with Gasteiger partial charge in [-0.2, -0.15) is 0 Å². The summed E-state index contributed by atoms with van der Waals surface area (Å²) in [5.74, 6) is 0.141. The number of alkyl halides is 3. The summed E-state index contributed by atoms with van der Waals surface area (Å²) in [7, 11) is -1.69. The Kier molecular flexibility index (Phi) is 4.26. The summed E-state index contributed by atoms with van der Waals surface area (Å²) in [5, 5.41) is 0.764. The molecular formula is C14H14BrF3S. The molecule has 1 heterocycles. The molecule has 0 radical (unpaired) electrons. The third kappa shape index (κ3) is 2.68. The van der Waals surface area contributed by atoms with Gasteiger partial charge in [-0.25, -0.2) is 0 Å². The average Bonchev–Trinajstić information content (AvgIpc) is 2.94. The smallest absolute Gasteiger partial charge is 0.600 e. The summed E-state index contributed by atoms with van der Waals surface area (Å²) in [5.41, 5.74) is -4.14. The molecule has 3 rings (SSSR count). The second kappa shape index (κ2) is 5.44. The number of rotatable bonds is 1. The molecule has 1 unspecified atom stereocenters. The number of halogens is 4. The normalized spacial score (nSPS) is 17.7. The molecule has 0 spiro atoms. The minimum atomic E-state index is -4.14. The molecular weight excluding hydrogens is 337 g/mol. The lowest BCUT2D eigenvalue weighted by Gasteiger charge is -2.05. The third-order valence-corrected chi connectivity index (χ3v) is 5.86. The van der Waals surface area contributed by atoms with E-state index in [-0.39, 0.29) is 22.9 Å². The standard InChI is InChI=1S/C14H14F3S.BrH/c15-14(16,17)18-12-8-4-3-7-11(12)9-13(18)10-5-1-2-6-10;/h3-4,7-10H,1-2,5-6H2;1H/q+1;/p-1. The molecule has 1 aliphatic carbocycles. The quantitative estimate of drug-likeness (QED) is 0.693. The van der Waals surface area contributed by atoms with Crippen molar-refractivity contribution in [2.75, 3.05) is 0 Å². The van der Waals surface area contributed by atoms with Gasteiger partial charge in [-0.15, -0.1) is 13.2 Å². The summed E-state index contributed by atoms with van der Waals surface area (Å²) >= 11 is 0. The zero-order chi connectivity index (χ0) is 12.8. The van der Waals surface area contributed by atoms with E-state index in [0.717, 1.165) is 31.1 Å². The van der Waals surface area contributed by atoms with Gasteiger partial charge in [0.1, 0.15) is 0 Å². The zero-order valence-corrected chi connectivity index (χ0v) is 12.6. The molecule has 1 atom stereocenters. The highest BCUT2D eigenvalue weighted by molar-refractivity contribution is 7.38. The fraction of sp³-hybridized carbons (Fsp3) is 0.429. The van der Waals surface area contributed by atoms with E-state index in [0.29, 0.717) is 9.58 Å². The van der Waals surface area contributed by atoms with E-state index in [4.69, 9.17) is 0 Å². The lowest BCUT2D eigenvalue weighted by Crippen LogP contribution is -3.00. The lowest BCUT2D eigenvalue weighted by molar-refractivity contribution is -0.0868. The van der Waals surface area contributed by atoms with Crippen LogP contribution in [0, 0.1) is 0 Å². The molecule has 2 aromatic rings. The zero-order valence-electron chi connectivity index (χ0n) is 10.2. The van der Waals surface area contributed by atoms with Crippen LogP contribution in [0.3, 0.4) is 0 Å². The van der Waals surface area contributed by atoms with Crippen molar-refractivity contribution in [2.24, 2.45) is 0 Å². The van der Waals surface area contributed by atoms with Crippen molar-refractivity contribution in [1.82, 2.24) is 0 Å². The first-order chi connectivity index (χ1) is 8.57. The van der Waals surface area contributed by atoms with E-state index in [1.54, 1.807) is 24.3 Å². The van der Waals surface area contributed by atoms with Gasteiger partial charge in [0.2, 0.25) is 0 Å². The van der Waals surface area contributed by atoms with Gasteiger partial charge in [0, 0.05) is 17.4 Å². The summed E-state index contributed by atoms with van der Waals surface area (Å²) in [6, 6.07) is 8.73. The van der Waals surface area contributed by atoms with Crippen molar-refractivity contribution >= 4 is 20.6 Å². The van der Waals surface area contributed by atoms with Crippen LogP contribution in [0.15, 0.2) is 30.3 Å². The third-order valence-electron chi connectivity index (χ3n) is 3.66. The first-order valence-electron chi connectivity index (χ1n) is 6.19. The second-order valence-corrected chi connectivity index (χ2v) is 6.80. The largest absolute Gasteiger partial charge is 1.00 e. The van der Waals surface area contributed by atoms with Crippen LogP contribution in [-0.4, -0.2) is 0 Å². The van der Waals surface area contributed by atoms with Crippen molar-refractivity contribution < 1.29 is 30.2 Å². The summed E-state index contributed by atoms with van der Waals surface area (Å²) < 4.78 is 40.4. The van der Waals surface area contributed by atoms with Crippen LogP contribution in [-0.2, 0) is 5.51 Å². The van der Waals surface area contributed by atoms with Crippen molar-refractivity contribution in [3.63, 3.8) is 0 Å². The maximum atomic E-state index is 13.3. The molecule has 0 saturated heterocycles. The van der Waals surface area contributed by atoms with Gasteiger partial charge in [-0.1, -0.05) is 25.0 Å². The van der Waals surface area contributed by atoms with Crippen molar-refractivity contribution in [1.29, 1.82) is 0 Å². The summed E-state index contributed by atoms with van der Waals surface area (Å²) in [6.45, 7) is 0. The first-order valence-corrected chi connectivity index (χ1v) is 7.41. The second-order valence-electron chi connectivity index (χ2n) is 4.82. The Labute approximate surface area is 123 Å². The molecule has 1 aliphatic rings. The molecule has 19 heavy (non-hydrogen) atoms. The maximum absolute atomic E-state index is 13.3. The van der Waals surface area contributed by atoms with Crippen LogP contribution < -0.4 is 17.0 Å². The Bertz CT molecular complexity index is 568. The van der Waals surface area contributed by atoms with Gasteiger partial charge in [0.15, 0.2) is 9.58 Å². The summed E-state index contributed by atoms with van der Waals surface area (Å²) in [6.07, 6.45) is 3.96. The van der Waals surface area contributed by atoms with E-state index in [9.17, 15) is 13.2 Å². The molecule has 0 amide bonds. The number of hydrogen-bond acceptors (Lipinski definition) is 0. The summed E-state index contributed by atoms with van der Waals surface area (Å²) in [4.78, 5) is 0.626. The van der Waals surface area contributed by atoms with Gasteiger partial charge in [-0.05, 0) is 25.0 Å². The van der Waals surface area contributed by atoms with Gasteiger partial charge >= 0.3 is 5.51 Å². The minimum Gasteiger partial charge on any atom is -1.00 e. The van der Waals surface area contributed by atoms with Gasteiger partial charge in [0.25, 0.3) is 0 Å². The van der Waals surface area contributed by atoms with Gasteiger partial charge < -0.3 is 17.0 Å². The van der Waals surface area contributed by atoms with Crippen LogP contribution in [0.5, 0.6) is 0 Å². The van der Waals surface area contributed by atoms with Crippen LogP contribution in [0.25, 0.3) is 10.1 Å². The van der Waals surface area contributed by atoms with Crippen LogP contribution in [0.1, 0.15) is 36.5 Å². The molecule has 1 aromatic heterocycles. The SMILES string of the molecule is FC(F)(F)[s+]1c(C2CCCC2)cc2ccccc21.[Br-]. The molecule has 104 valence electrons. The predicted octanol–water partition coefficient (Wildman–Crippen LogP) is 2.73. The molecule has 1 aromatic carbocycles. The number of hydrogen-bond donors (Lipinski definition) is 0. The van der Waals surface area contributed by atoms with Gasteiger partial charge in [-0.3, -0.25) is 0 Å². The molecule has 0 aliphatic heterocycles. The molecule has 1 saturated carbocycles. The van der Waals surface area contributed by atoms with Crippen molar-refractivity contribution in [2.45, 2.75) is 37.1 Å².